The van der Waals surface area contributed by atoms with Gasteiger partial charge in [0.25, 0.3) is 6.71 Å². The summed E-state index contributed by atoms with van der Waals surface area (Å²) in [5, 5.41) is 3.80. The third-order valence-corrected chi connectivity index (χ3v) is 12.7. The predicted octanol–water partition coefficient (Wildman–Crippen LogP) is 9.37. The number of aromatic nitrogens is 2. The number of hydrogen-bond acceptors (Lipinski definition) is 3. The van der Waals surface area contributed by atoms with E-state index >= 15 is 0 Å². The lowest BCUT2D eigenvalue weighted by Crippen LogP contribution is -2.58. The van der Waals surface area contributed by atoms with Crippen LogP contribution < -0.4 is 31.0 Å². The molecular weight excluding hydrogens is 627 g/mol. The van der Waals surface area contributed by atoms with E-state index in [2.05, 4.69) is 161 Å². The maximum atomic E-state index is 7.10. The van der Waals surface area contributed by atoms with Crippen LogP contribution in [0.5, 0.6) is 23.0 Å². The molecule has 3 heterocycles. The summed E-state index contributed by atoms with van der Waals surface area (Å²) in [6.45, 7) is 16.4. The number of hydrogen-bond donors (Lipinski definition) is 0. The molecule has 2 aliphatic rings. The van der Waals surface area contributed by atoms with Crippen LogP contribution in [0.2, 0.25) is 19.6 Å². The van der Waals surface area contributed by atoms with Gasteiger partial charge in [-0.3, -0.25) is 4.57 Å². The van der Waals surface area contributed by atoms with Gasteiger partial charge in [0.1, 0.15) is 28.8 Å². The molecule has 6 aromatic carbocycles. The maximum absolute atomic E-state index is 7.10. The number of fused-ring (bicyclic) bond motifs is 7. The van der Waals surface area contributed by atoms with Crippen LogP contribution in [0.15, 0.2) is 109 Å². The summed E-state index contributed by atoms with van der Waals surface area (Å²) < 4.78 is 16.2. The molecule has 0 unspecified atom stereocenters. The lowest BCUT2D eigenvalue weighted by Gasteiger charge is -2.34. The summed E-state index contributed by atoms with van der Waals surface area (Å²) in [5.41, 5.74) is 10.3. The van der Waals surface area contributed by atoms with Gasteiger partial charge < -0.3 is 9.47 Å². The highest BCUT2D eigenvalue weighted by atomic mass is 28.3. The van der Waals surface area contributed by atoms with Gasteiger partial charge in [0, 0.05) is 10.8 Å². The van der Waals surface area contributed by atoms with E-state index in [0.29, 0.717) is 11.8 Å². The van der Waals surface area contributed by atoms with Gasteiger partial charge in [-0.05, 0) is 69.6 Å². The van der Waals surface area contributed by atoms with E-state index in [1.165, 1.54) is 43.7 Å². The predicted molar refractivity (Wildman–Crippen MR) is 213 cm³/mol. The Morgan fingerprint density at radius 3 is 2.12 bits per heavy atom. The van der Waals surface area contributed by atoms with Crippen LogP contribution >= 0.6 is 0 Å². The Balaban J connectivity index is 1.39. The highest BCUT2D eigenvalue weighted by Gasteiger charge is 2.42. The molecule has 0 aliphatic carbocycles. The highest BCUT2D eigenvalue weighted by molar-refractivity contribution is 6.99. The Bertz CT molecular complexity index is 2480. The Morgan fingerprint density at radius 1 is 0.660 bits per heavy atom. The minimum Gasteiger partial charge on any atom is -0.458 e. The molecule has 0 N–H and O–H groups in total. The van der Waals surface area contributed by atoms with Crippen molar-refractivity contribution in [1.82, 2.24) is 9.55 Å². The van der Waals surface area contributed by atoms with E-state index in [1.54, 1.807) is 0 Å². The van der Waals surface area contributed by atoms with Crippen molar-refractivity contribution in [2.45, 2.75) is 59.2 Å². The van der Waals surface area contributed by atoms with Crippen LogP contribution in [0.1, 0.15) is 50.7 Å². The minimum absolute atomic E-state index is 0.0159. The SMILES string of the molecule is CC(C)c1cccc(C(C)C)c1-n1c(-c2ccc3c4c2Oc2ccc([Si](C)(C)C)cc2B4c2ccccc2O3)nc2ccc3ccccc3c21. The van der Waals surface area contributed by atoms with Gasteiger partial charge in [-0.25, -0.2) is 4.98 Å². The number of imidazole rings is 1. The third kappa shape index (κ3) is 4.61. The summed E-state index contributed by atoms with van der Waals surface area (Å²) in [7, 11) is -1.59. The summed E-state index contributed by atoms with van der Waals surface area (Å²) in [6.07, 6.45) is 0. The Hall–Kier alpha value is -5.07. The van der Waals surface area contributed by atoms with Gasteiger partial charge in [-0.1, -0.05) is 131 Å². The molecule has 0 saturated heterocycles. The van der Waals surface area contributed by atoms with Gasteiger partial charge in [0.15, 0.2) is 0 Å². The van der Waals surface area contributed by atoms with Crippen LogP contribution in [-0.4, -0.2) is 24.3 Å². The molecule has 2 aliphatic heterocycles. The second-order valence-electron chi connectivity index (χ2n) is 15.6. The van der Waals surface area contributed by atoms with Crippen LogP contribution in [0.4, 0.5) is 0 Å². The fourth-order valence-corrected chi connectivity index (χ4v) is 9.26. The lowest BCUT2D eigenvalue weighted by molar-refractivity contribution is 0.465. The monoisotopic (exact) mass is 668 g/mol. The average molecular weight is 669 g/mol. The van der Waals surface area contributed by atoms with E-state index in [1.807, 2.05) is 0 Å². The van der Waals surface area contributed by atoms with E-state index in [-0.39, 0.29) is 6.71 Å². The number of ether oxygens (including phenoxy) is 2. The number of benzene rings is 6. The molecule has 4 nitrogen and oxygen atoms in total. The first kappa shape index (κ1) is 31.0. The molecule has 7 aromatic rings. The second-order valence-corrected chi connectivity index (χ2v) is 20.6. The fourth-order valence-electron chi connectivity index (χ4n) is 8.09. The largest absolute Gasteiger partial charge is 0.458 e. The quantitative estimate of drug-likeness (QED) is 0.172. The molecular formula is C44H41BN2O2Si. The van der Waals surface area contributed by atoms with Crippen molar-refractivity contribution < 1.29 is 9.47 Å². The zero-order valence-corrected chi connectivity index (χ0v) is 30.8. The van der Waals surface area contributed by atoms with Crippen LogP contribution in [0.3, 0.4) is 0 Å². The molecule has 50 heavy (non-hydrogen) atoms. The normalized spacial score (nSPS) is 13.3. The first-order chi connectivity index (χ1) is 24.1. The van der Waals surface area contributed by atoms with Crippen molar-refractivity contribution in [3.8, 4) is 40.1 Å². The summed E-state index contributed by atoms with van der Waals surface area (Å²) in [6, 6.07) is 39.5. The van der Waals surface area contributed by atoms with E-state index in [9.17, 15) is 0 Å². The molecule has 1 aromatic heterocycles. The van der Waals surface area contributed by atoms with Crippen molar-refractivity contribution in [1.29, 1.82) is 0 Å². The molecule has 9 rings (SSSR count). The standard InChI is InChI=1S/C44H41BN2O2Si/c1-26(2)30-15-12-16-31(27(3)4)41(30)47-42-32-14-9-8-13-28(32)19-22-36(42)46-44(47)33-21-24-39-40-43(33)49-38-23-20-29(50(5,6)7)25-35(38)45(40)34-17-10-11-18-37(34)48-39/h8-27H,1-7H3. The van der Waals surface area contributed by atoms with Crippen molar-refractivity contribution in [3.63, 3.8) is 0 Å². The molecule has 0 saturated carbocycles. The van der Waals surface area contributed by atoms with Crippen LogP contribution in [0, 0.1) is 0 Å². The number of rotatable bonds is 5. The molecule has 0 spiro atoms. The van der Waals surface area contributed by atoms with E-state index in [4.69, 9.17) is 14.5 Å². The van der Waals surface area contributed by atoms with Crippen molar-refractivity contribution in [3.05, 3.63) is 120 Å². The van der Waals surface area contributed by atoms with Crippen molar-refractivity contribution >= 4 is 58.2 Å². The average Bonchev–Trinajstić information content (AvgIpc) is 3.50. The topological polar surface area (TPSA) is 36.3 Å². The first-order valence-corrected chi connectivity index (χ1v) is 21.4. The molecule has 6 heteroatoms. The van der Waals surface area contributed by atoms with E-state index in [0.717, 1.165) is 50.9 Å². The zero-order chi connectivity index (χ0) is 34.5. The van der Waals surface area contributed by atoms with Gasteiger partial charge >= 0.3 is 0 Å². The summed E-state index contributed by atoms with van der Waals surface area (Å²) >= 11 is 0. The Kier molecular flexibility index (Phi) is 6.95. The molecule has 0 fully saturated rings. The fraction of sp³-hybridized carbons (Fsp3) is 0.205. The smallest absolute Gasteiger partial charge is 0.260 e. The van der Waals surface area contributed by atoms with Gasteiger partial charge in [-0.2, -0.15) is 0 Å². The van der Waals surface area contributed by atoms with Crippen molar-refractivity contribution in [2.24, 2.45) is 0 Å². The Labute approximate surface area is 295 Å². The van der Waals surface area contributed by atoms with E-state index < -0.39 is 8.07 Å². The molecule has 246 valence electrons. The van der Waals surface area contributed by atoms with Gasteiger partial charge in [-0.15, -0.1) is 0 Å². The number of para-hydroxylation sites is 2. The molecule has 0 atom stereocenters. The van der Waals surface area contributed by atoms with Crippen LogP contribution in [0.25, 0.3) is 38.9 Å². The van der Waals surface area contributed by atoms with Gasteiger partial charge in [0.2, 0.25) is 0 Å². The highest BCUT2D eigenvalue weighted by Crippen LogP contribution is 2.44. The maximum Gasteiger partial charge on any atom is 0.260 e. The third-order valence-electron chi connectivity index (χ3n) is 10.6. The zero-order valence-electron chi connectivity index (χ0n) is 29.8. The Morgan fingerprint density at radius 2 is 1.36 bits per heavy atom. The first-order valence-electron chi connectivity index (χ1n) is 17.9. The van der Waals surface area contributed by atoms with Crippen molar-refractivity contribution in [2.75, 3.05) is 0 Å². The summed E-state index contributed by atoms with van der Waals surface area (Å²) in [5.74, 6) is 4.97. The second kappa shape index (κ2) is 11.2. The summed E-state index contributed by atoms with van der Waals surface area (Å²) in [4.78, 5) is 5.51. The van der Waals surface area contributed by atoms with Gasteiger partial charge in [0.05, 0.1) is 30.4 Å². The minimum atomic E-state index is -1.59. The molecule has 0 amide bonds. The molecule has 0 radical (unpaired) electrons. The van der Waals surface area contributed by atoms with Crippen LogP contribution in [-0.2, 0) is 0 Å². The molecule has 0 bridgehead atoms. The lowest BCUT2D eigenvalue weighted by atomic mass is 9.34. The number of nitrogens with zero attached hydrogens (tertiary/aromatic N) is 2.